The fourth-order valence-corrected chi connectivity index (χ4v) is 4.08. The SMILES string of the molecule is COc1ccc(Br)cc1C(c1cc(OC)c(OC)c(OC)c1)N1CCNCC1. The van der Waals surface area contributed by atoms with E-state index in [4.69, 9.17) is 18.9 Å². The number of hydrogen-bond donors (Lipinski definition) is 1. The number of halogens is 1. The number of benzene rings is 2. The summed E-state index contributed by atoms with van der Waals surface area (Å²) in [7, 11) is 6.60. The van der Waals surface area contributed by atoms with Crippen LogP contribution in [0, 0.1) is 0 Å². The van der Waals surface area contributed by atoms with E-state index in [-0.39, 0.29) is 6.04 Å². The zero-order valence-corrected chi connectivity index (χ0v) is 18.3. The van der Waals surface area contributed by atoms with Crippen molar-refractivity contribution in [2.24, 2.45) is 0 Å². The molecule has 6 nitrogen and oxygen atoms in total. The Labute approximate surface area is 174 Å². The van der Waals surface area contributed by atoms with E-state index in [9.17, 15) is 0 Å². The minimum Gasteiger partial charge on any atom is -0.496 e. The second-order valence-corrected chi connectivity index (χ2v) is 7.45. The summed E-state index contributed by atoms with van der Waals surface area (Å²) in [6.07, 6.45) is 0. The highest BCUT2D eigenvalue weighted by Gasteiger charge is 2.29. The maximum Gasteiger partial charge on any atom is 0.203 e. The van der Waals surface area contributed by atoms with E-state index in [0.717, 1.165) is 47.5 Å². The first-order chi connectivity index (χ1) is 13.6. The van der Waals surface area contributed by atoms with Gasteiger partial charge in [-0.3, -0.25) is 4.90 Å². The van der Waals surface area contributed by atoms with Crippen LogP contribution in [-0.4, -0.2) is 59.5 Å². The first kappa shape index (κ1) is 20.8. The van der Waals surface area contributed by atoms with Crippen molar-refractivity contribution in [1.29, 1.82) is 0 Å². The van der Waals surface area contributed by atoms with E-state index in [1.54, 1.807) is 28.4 Å². The summed E-state index contributed by atoms with van der Waals surface area (Å²) >= 11 is 3.61. The third-order valence-corrected chi connectivity index (χ3v) is 5.50. The van der Waals surface area contributed by atoms with Crippen molar-refractivity contribution in [3.05, 3.63) is 45.9 Å². The average molecular weight is 451 g/mol. The van der Waals surface area contributed by atoms with Gasteiger partial charge in [-0.05, 0) is 35.9 Å². The lowest BCUT2D eigenvalue weighted by atomic mass is 9.94. The molecular weight excluding hydrogens is 424 g/mol. The molecule has 2 aromatic rings. The zero-order valence-electron chi connectivity index (χ0n) is 16.8. The second kappa shape index (κ2) is 9.49. The van der Waals surface area contributed by atoms with Crippen LogP contribution in [0.3, 0.4) is 0 Å². The van der Waals surface area contributed by atoms with Gasteiger partial charge >= 0.3 is 0 Å². The lowest BCUT2D eigenvalue weighted by molar-refractivity contribution is 0.194. The molecule has 1 saturated heterocycles. The molecule has 0 amide bonds. The maximum absolute atomic E-state index is 5.70. The predicted molar refractivity (Wildman–Crippen MR) is 113 cm³/mol. The second-order valence-electron chi connectivity index (χ2n) is 6.53. The minimum absolute atomic E-state index is 0.0109. The van der Waals surface area contributed by atoms with E-state index >= 15 is 0 Å². The predicted octanol–water partition coefficient (Wildman–Crippen LogP) is 3.48. The Balaban J connectivity index is 2.19. The highest BCUT2D eigenvalue weighted by molar-refractivity contribution is 9.10. The van der Waals surface area contributed by atoms with Crippen molar-refractivity contribution in [1.82, 2.24) is 10.2 Å². The number of rotatable bonds is 7. The van der Waals surface area contributed by atoms with E-state index in [0.29, 0.717) is 17.2 Å². The molecule has 1 N–H and O–H groups in total. The van der Waals surface area contributed by atoms with E-state index < -0.39 is 0 Å². The molecule has 0 aromatic heterocycles. The third-order valence-electron chi connectivity index (χ3n) is 5.01. The van der Waals surface area contributed by atoms with Crippen molar-refractivity contribution in [2.45, 2.75) is 6.04 Å². The van der Waals surface area contributed by atoms with Crippen molar-refractivity contribution < 1.29 is 18.9 Å². The molecule has 1 unspecified atom stereocenters. The van der Waals surface area contributed by atoms with Crippen LogP contribution >= 0.6 is 15.9 Å². The number of methoxy groups -OCH3 is 4. The van der Waals surface area contributed by atoms with Gasteiger partial charge in [-0.25, -0.2) is 0 Å². The number of nitrogens with one attached hydrogen (secondary N) is 1. The maximum atomic E-state index is 5.70. The van der Waals surface area contributed by atoms with Gasteiger partial charge in [0.2, 0.25) is 5.75 Å². The van der Waals surface area contributed by atoms with Crippen LogP contribution < -0.4 is 24.3 Å². The number of hydrogen-bond acceptors (Lipinski definition) is 6. The van der Waals surface area contributed by atoms with Gasteiger partial charge in [-0.1, -0.05) is 15.9 Å². The summed E-state index contributed by atoms with van der Waals surface area (Å²) in [5.41, 5.74) is 2.15. The standard InChI is InChI=1S/C21H27BrN2O4/c1-25-17-6-5-15(22)13-16(17)20(24-9-7-23-8-10-24)14-11-18(26-2)21(28-4)19(12-14)27-3/h5-6,11-13,20,23H,7-10H2,1-4H3. The normalized spacial score (nSPS) is 15.8. The summed E-state index contributed by atoms with van der Waals surface area (Å²) in [6, 6.07) is 10.1. The molecule has 1 fully saturated rings. The third kappa shape index (κ3) is 4.21. The quantitative estimate of drug-likeness (QED) is 0.696. The lowest BCUT2D eigenvalue weighted by Gasteiger charge is -2.36. The molecule has 0 aliphatic carbocycles. The van der Waals surface area contributed by atoms with E-state index in [1.165, 1.54) is 0 Å². The van der Waals surface area contributed by atoms with Crippen molar-refractivity contribution in [3.8, 4) is 23.0 Å². The van der Waals surface area contributed by atoms with Crippen LogP contribution in [0.2, 0.25) is 0 Å². The summed E-state index contributed by atoms with van der Waals surface area (Å²) in [5.74, 6) is 2.73. The van der Waals surface area contributed by atoms with Crippen molar-refractivity contribution in [2.75, 3.05) is 54.6 Å². The fraction of sp³-hybridized carbons (Fsp3) is 0.429. The average Bonchev–Trinajstić information content (AvgIpc) is 2.74. The number of piperazine rings is 1. The first-order valence-electron chi connectivity index (χ1n) is 9.21. The molecule has 152 valence electrons. The van der Waals surface area contributed by atoms with Gasteiger partial charge in [0.05, 0.1) is 34.5 Å². The van der Waals surface area contributed by atoms with Gasteiger partial charge in [0.25, 0.3) is 0 Å². The molecule has 0 saturated carbocycles. The van der Waals surface area contributed by atoms with Crippen molar-refractivity contribution >= 4 is 15.9 Å². The fourth-order valence-electron chi connectivity index (χ4n) is 3.71. The van der Waals surface area contributed by atoms with Gasteiger partial charge in [0.15, 0.2) is 11.5 Å². The number of ether oxygens (including phenoxy) is 4. The molecule has 0 bridgehead atoms. The van der Waals surface area contributed by atoms with Gasteiger partial charge in [0, 0.05) is 36.2 Å². The molecular formula is C21H27BrN2O4. The highest BCUT2D eigenvalue weighted by Crippen LogP contribution is 2.44. The van der Waals surface area contributed by atoms with Crippen molar-refractivity contribution in [3.63, 3.8) is 0 Å². The van der Waals surface area contributed by atoms with Gasteiger partial charge in [0.1, 0.15) is 5.75 Å². The van der Waals surface area contributed by atoms with Crippen LogP contribution in [0.25, 0.3) is 0 Å². The molecule has 1 atom stereocenters. The molecule has 2 aromatic carbocycles. The summed E-state index contributed by atoms with van der Waals surface area (Å²) in [6.45, 7) is 3.74. The molecule has 0 radical (unpaired) electrons. The Kier molecular flexibility index (Phi) is 7.04. The molecule has 28 heavy (non-hydrogen) atoms. The molecule has 1 aliphatic heterocycles. The van der Waals surface area contributed by atoms with Crippen LogP contribution in [0.15, 0.2) is 34.8 Å². The number of nitrogens with zero attached hydrogens (tertiary/aromatic N) is 1. The zero-order chi connectivity index (χ0) is 20.1. The Morgan fingerprint density at radius 1 is 0.857 bits per heavy atom. The van der Waals surface area contributed by atoms with Gasteiger partial charge < -0.3 is 24.3 Å². The summed E-state index contributed by atoms with van der Waals surface area (Å²) in [5, 5.41) is 3.42. The van der Waals surface area contributed by atoms with E-state index in [1.807, 2.05) is 24.3 Å². The van der Waals surface area contributed by atoms with Crippen LogP contribution in [-0.2, 0) is 0 Å². The van der Waals surface area contributed by atoms with Crippen LogP contribution in [0.4, 0.5) is 0 Å². The largest absolute Gasteiger partial charge is 0.496 e. The molecule has 7 heteroatoms. The molecule has 3 rings (SSSR count). The van der Waals surface area contributed by atoms with Gasteiger partial charge in [-0.15, -0.1) is 0 Å². The summed E-state index contributed by atoms with van der Waals surface area (Å²) < 4.78 is 23.4. The topological polar surface area (TPSA) is 52.2 Å². The smallest absolute Gasteiger partial charge is 0.203 e. The first-order valence-corrected chi connectivity index (χ1v) is 10.00. The van der Waals surface area contributed by atoms with Crippen LogP contribution in [0.5, 0.6) is 23.0 Å². The van der Waals surface area contributed by atoms with E-state index in [2.05, 4.69) is 32.2 Å². The highest BCUT2D eigenvalue weighted by atomic mass is 79.9. The minimum atomic E-state index is -0.0109. The molecule has 1 heterocycles. The lowest BCUT2D eigenvalue weighted by Crippen LogP contribution is -2.45. The summed E-state index contributed by atoms with van der Waals surface area (Å²) in [4.78, 5) is 2.45. The van der Waals surface area contributed by atoms with Gasteiger partial charge in [-0.2, -0.15) is 0 Å². The molecule has 0 spiro atoms. The monoisotopic (exact) mass is 450 g/mol. The Bertz CT molecular complexity index is 784. The molecule has 1 aliphatic rings. The Hall–Kier alpha value is -1.96. The Morgan fingerprint density at radius 3 is 2.00 bits per heavy atom. The van der Waals surface area contributed by atoms with Crippen LogP contribution in [0.1, 0.15) is 17.2 Å². The Morgan fingerprint density at radius 2 is 1.46 bits per heavy atom.